The summed E-state index contributed by atoms with van der Waals surface area (Å²) < 4.78 is 20.2. The molecule has 0 saturated heterocycles. The first-order valence-electron chi connectivity index (χ1n) is 6.07. The molecule has 0 N–H and O–H groups in total. The van der Waals surface area contributed by atoms with Crippen LogP contribution in [-0.2, 0) is 0 Å². The van der Waals surface area contributed by atoms with Gasteiger partial charge in [-0.25, -0.2) is 4.39 Å². The van der Waals surface area contributed by atoms with Gasteiger partial charge in [-0.1, -0.05) is 11.6 Å². The topological polar surface area (TPSA) is 44.1 Å². The van der Waals surface area contributed by atoms with E-state index in [9.17, 15) is 9.18 Å². The first-order valence-corrected chi connectivity index (χ1v) is 6.44. The molecule has 6 heteroatoms. The van der Waals surface area contributed by atoms with Crippen molar-refractivity contribution < 1.29 is 13.9 Å². The van der Waals surface area contributed by atoms with Gasteiger partial charge in [-0.05, 0) is 32.0 Å². The smallest absolute Gasteiger partial charge is 0.214 e. The number of halogens is 2. The zero-order valence-corrected chi connectivity index (χ0v) is 12.1. The molecule has 106 valence electrons. The summed E-state index contributed by atoms with van der Waals surface area (Å²) in [4.78, 5) is 12.5. The number of carbonyl (C=O) groups is 1. The molecule has 0 aliphatic rings. The van der Waals surface area contributed by atoms with Crippen LogP contribution in [0.1, 0.15) is 35.9 Å². The standard InChI is InChI=1S/C14H14ClFN2O2/c1-8(2)18-13(12(20-3)7-17-18)14(19)9-4-5-10(15)11(16)6-9/h4-8H,1-3H3. The highest BCUT2D eigenvalue weighted by Gasteiger charge is 2.23. The summed E-state index contributed by atoms with van der Waals surface area (Å²) in [6.07, 6.45) is 1.47. The molecule has 4 nitrogen and oxygen atoms in total. The lowest BCUT2D eigenvalue weighted by molar-refractivity contribution is 0.102. The molecule has 20 heavy (non-hydrogen) atoms. The Morgan fingerprint density at radius 3 is 2.70 bits per heavy atom. The minimum absolute atomic E-state index is 0.0185. The maximum atomic E-state index is 13.5. The van der Waals surface area contributed by atoms with E-state index in [0.29, 0.717) is 11.4 Å². The van der Waals surface area contributed by atoms with E-state index in [2.05, 4.69) is 5.10 Å². The van der Waals surface area contributed by atoms with Crippen LogP contribution in [0, 0.1) is 5.82 Å². The van der Waals surface area contributed by atoms with Gasteiger partial charge in [-0.15, -0.1) is 0 Å². The van der Waals surface area contributed by atoms with Gasteiger partial charge in [-0.3, -0.25) is 9.48 Å². The molecule has 0 aliphatic carbocycles. The van der Waals surface area contributed by atoms with Crippen molar-refractivity contribution in [2.45, 2.75) is 19.9 Å². The van der Waals surface area contributed by atoms with E-state index >= 15 is 0 Å². The number of hydrogen-bond acceptors (Lipinski definition) is 3. The van der Waals surface area contributed by atoms with Crippen LogP contribution < -0.4 is 4.74 Å². The van der Waals surface area contributed by atoms with Crippen LogP contribution in [-0.4, -0.2) is 22.7 Å². The average Bonchev–Trinajstić information content (AvgIpc) is 2.85. The summed E-state index contributed by atoms with van der Waals surface area (Å²) in [5.41, 5.74) is 0.497. The van der Waals surface area contributed by atoms with Gasteiger partial charge >= 0.3 is 0 Å². The second kappa shape index (κ2) is 5.63. The van der Waals surface area contributed by atoms with E-state index in [1.807, 2.05) is 13.8 Å². The summed E-state index contributed by atoms with van der Waals surface area (Å²) in [5, 5.41) is 4.10. The average molecular weight is 297 g/mol. The molecule has 0 spiro atoms. The summed E-state index contributed by atoms with van der Waals surface area (Å²) in [5.74, 6) is -0.630. The van der Waals surface area contributed by atoms with Gasteiger partial charge in [0.2, 0.25) is 5.78 Å². The Kier molecular flexibility index (Phi) is 4.09. The van der Waals surface area contributed by atoms with E-state index in [-0.39, 0.29) is 22.4 Å². The summed E-state index contributed by atoms with van der Waals surface area (Å²) in [6.45, 7) is 3.79. The van der Waals surface area contributed by atoms with E-state index in [1.165, 1.54) is 25.4 Å². The highest BCUT2D eigenvalue weighted by atomic mass is 35.5. The number of rotatable bonds is 4. The lowest BCUT2D eigenvalue weighted by Gasteiger charge is -2.11. The van der Waals surface area contributed by atoms with E-state index in [1.54, 1.807) is 4.68 Å². The number of nitrogens with zero attached hydrogens (tertiary/aromatic N) is 2. The molecule has 0 bridgehead atoms. The quantitative estimate of drug-likeness (QED) is 0.811. The SMILES string of the molecule is COc1cnn(C(C)C)c1C(=O)c1ccc(Cl)c(F)c1. The second-order valence-corrected chi connectivity index (χ2v) is 4.97. The molecule has 2 rings (SSSR count). The number of aromatic nitrogens is 2. The lowest BCUT2D eigenvalue weighted by atomic mass is 10.1. The monoisotopic (exact) mass is 296 g/mol. The van der Waals surface area contributed by atoms with Crippen LogP contribution in [0.3, 0.4) is 0 Å². The fourth-order valence-corrected chi connectivity index (χ4v) is 1.99. The van der Waals surface area contributed by atoms with E-state index < -0.39 is 5.82 Å². The van der Waals surface area contributed by atoms with Crippen molar-refractivity contribution in [1.82, 2.24) is 9.78 Å². The Hall–Kier alpha value is -1.88. The molecule has 1 aromatic carbocycles. The van der Waals surface area contributed by atoms with Crippen molar-refractivity contribution in [3.05, 3.63) is 46.5 Å². The van der Waals surface area contributed by atoms with Gasteiger partial charge < -0.3 is 4.74 Å². The Balaban J connectivity index is 2.52. The molecule has 2 aromatic rings. The van der Waals surface area contributed by atoms with Crippen molar-refractivity contribution in [3.63, 3.8) is 0 Å². The summed E-state index contributed by atoms with van der Waals surface area (Å²) >= 11 is 5.62. The molecular weight excluding hydrogens is 283 g/mol. The number of carbonyl (C=O) groups excluding carboxylic acids is 1. The third kappa shape index (κ3) is 2.54. The summed E-state index contributed by atoms with van der Waals surface area (Å²) in [7, 11) is 1.46. The first-order chi connectivity index (χ1) is 9.45. The van der Waals surface area contributed by atoms with Crippen molar-refractivity contribution in [2.24, 2.45) is 0 Å². The molecule has 0 radical (unpaired) electrons. The molecule has 0 aliphatic heterocycles. The molecular formula is C14H14ClFN2O2. The lowest BCUT2D eigenvalue weighted by Crippen LogP contribution is -2.14. The number of ether oxygens (including phenoxy) is 1. The van der Waals surface area contributed by atoms with Gasteiger partial charge in [-0.2, -0.15) is 5.10 Å². The summed E-state index contributed by atoms with van der Waals surface area (Å²) in [6, 6.07) is 3.93. The zero-order chi connectivity index (χ0) is 14.9. The fraction of sp³-hybridized carbons (Fsp3) is 0.286. The highest BCUT2D eigenvalue weighted by Crippen LogP contribution is 2.25. The van der Waals surface area contributed by atoms with Crippen LogP contribution in [0.15, 0.2) is 24.4 Å². The van der Waals surface area contributed by atoms with Crippen LogP contribution in [0.25, 0.3) is 0 Å². The van der Waals surface area contributed by atoms with Crippen molar-refractivity contribution in [1.29, 1.82) is 0 Å². The minimum Gasteiger partial charge on any atom is -0.493 e. The Labute approximate surface area is 121 Å². The fourth-order valence-electron chi connectivity index (χ4n) is 1.88. The van der Waals surface area contributed by atoms with Crippen LogP contribution >= 0.6 is 11.6 Å². The van der Waals surface area contributed by atoms with Crippen molar-refractivity contribution in [2.75, 3.05) is 7.11 Å². The van der Waals surface area contributed by atoms with Gasteiger partial charge in [0.25, 0.3) is 0 Å². The molecule has 0 saturated carbocycles. The van der Waals surface area contributed by atoms with Crippen molar-refractivity contribution in [3.8, 4) is 5.75 Å². The third-order valence-corrected chi connectivity index (χ3v) is 3.17. The zero-order valence-electron chi connectivity index (χ0n) is 11.4. The van der Waals surface area contributed by atoms with Crippen LogP contribution in [0.2, 0.25) is 5.02 Å². The highest BCUT2D eigenvalue weighted by molar-refractivity contribution is 6.30. The van der Waals surface area contributed by atoms with E-state index in [0.717, 1.165) is 6.07 Å². The minimum atomic E-state index is -0.632. The van der Waals surface area contributed by atoms with Gasteiger partial charge in [0.05, 0.1) is 18.3 Å². The Morgan fingerprint density at radius 1 is 1.45 bits per heavy atom. The predicted molar refractivity (Wildman–Crippen MR) is 74.0 cm³/mol. The molecule has 0 fully saturated rings. The van der Waals surface area contributed by atoms with Gasteiger partial charge in [0.15, 0.2) is 11.4 Å². The number of ketones is 1. The Morgan fingerprint density at radius 2 is 2.15 bits per heavy atom. The largest absolute Gasteiger partial charge is 0.493 e. The third-order valence-electron chi connectivity index (χ3n) is 2.87. The molecule has 0 amide bonds. The maximum Gasteiger partial charge on any atom is 0.214 e. The first kappa shape index (κ1) is 14.5. The predicted octanol–water partition coefficient (Wildman–Crippen LogP) is 3.50. The number of benzene rings is 1. The molecule has 1 heterocycles. The normalized spacial score (nSPS) is 10.9. The van der Waals surface area contributed by atoms with Crippen LogP contribution in [0.5, 0.6) is 5.75 Å². The number of hydrogen-bond donors (Lipinski definition) is 0. The molecule has 0 atom stereocenters. The van der Waals surface area contributed by atoms with E-state index in [4.69, 9.17) is 16.3 Å². The Bertz CT molecular complexity index is 653. The molecule has 1 aromatic heterocycles. The van der Waals surface area contributed by atoms with Crippen LogP contribution in [0.4, 0.5) is 4.39 Å². The van der Waals surface area contributed by atoms with Gasteiger partial charge in [0, 0.05) is 11.6 Å². The maximum absolute atomic E-state index is 13.5. The number of methoxy groups -OCH3 is 1. The second-order valence-electron chi connectivity index (χ2n) is 4.56. The molecule has 0 unspecified atom stereocenters. The van der Waals surface area contributed by atoms with Crippen molar-refractivity contribution >= 4 is 17.4 Å². The van der Waals surface area contributed by atoms with Gasteiger partial charge in [0.1, 0.15) is 5.82 Å².